The normalized spacial score (nSPS) is 11.3. The molecule has 0 aliphatic carbocycles. The fourth-order valence-electron chi connectivity index (χ4n) is 4.81. The Hall–Kier alpha value is -2.89. The number of benzene rings is 4. The second-order valence-corrected chi connectivity index (χ2v) is 12.7. The van der Waals surface area contributed by atoms with Gasteiger partial charge >= 0.3 is 0 Å². The van der Waals surface area contributed by atoms with Gasteiger partial charge in [-0.2, -0.15) is 0 Å². The third-order valence-electron chi connectivity index (χ3n) is 6.70. The van der Waals surface area contributed by atoms with E-state index < -0.39 is 7.26 Å². The van der Waals surface area contributed by atoms with Crippen molar-refractivity contribution < 1.29 is 4.74 Å². The lowest BCUT2D eigenvalue weighted by molar-refractivity contribution is 0.304. The van der Waals surface area contributed by atoms with Gasteiger partial charge in [-0.15, -0.1) is 0 Å². The topological polar surface area (TPSA) is 9.23 Å². The highest BCUT2D eigenvalue weighted by atomic mass is 31.2. The number of ether oxygens (including phenoxy) is 1. The SMILES string of the molecule is CCCCCCCCOc1ccc(C[P+](c2ccccc2)(c2ccccc2)c2ccccc2)cc1. The number of hydrogen-bond donors (Lipinski definition) is 0. The van der Waals surface area contributed by atoms with Gasteiger partial charge in [0.05, 0.1) is 12.8 Å². The lowest BCUT2D eigenvalue weighted by atomic mass is 10.1. The van der Waals surface area contributed by atoms with Crippen molar-refractivity contribution in [3.63, 3.8) is 0 Å². The highest BCUT2D eigenvalue weighted by molar-refractivity contribution is 7.95. The Bertz CT molecular complexity index is 1010. The average Bonchev–Trinajstić information content (AvgIpc) is 2.93. The molecule has 4 rings (SSSR count). The second kappa shape index (κ2) is 13.3. The van der Waals surface area contributed by atoms with Crippen LogP contribution in [0.4, 0.5) is 0 Å². The van der Waals surface area contributed by atoms with E-state index in [1.807, 2.05) is 0 Å². The van der Waals surface area contributed by atoms with E-state index in [1.165, 1.54) is 53.6 Å². The fourth-order valence-corrected chi connectivity index (χ4v) is 9.05. The monoisotopic (exact) mass is 481 g/mol. The lowest BCUT2D eigenvalue weighted by Crippen LogP contribution is -2.32. The van der Waals surface area contributed by atoms with Gasteiger partial charge in [-0.25, -0.2) is 0 Å². The average molecular weight is 482 g/mol. The Morgan fingerprint density at radius 3 is 1.46 bits per heavy atom. The molecule has 0 bridgehead atoms. The van der Waals surface area contributed by atoms with Crippen LogP contribution in [0.25, 0.3) is 0 Å². The molecule has 0 aliphatic heterocycles. The Kier molecular flexibility index (Phi) is 9.56. The van der Waals surface area contributed by atoms with Crippen LogP contribution in [0.3, 0.4) is 0 Å². The van der Waals surface area contributed by atoms with Crippen LogP contribution in [0.15, 0.2) is 115 Å². The standard InChI is InChI=1S/C33H38OP/c1-2-3-4-5-6-16-27-34-30-25-23-29(24-26-30)28-35(31-17-10-7-11-18-31,32-19-12-8-13-20-32)33-21-14-9-15-22-33/h7-15,17-26H,2-6,16,27-28H2,1H3/q+1. The molecule has 0 radical (unpaired) electrons. The van der Waals surface area contributed by atoms with Crippen LogP contribution in [0.2, 0.25) is 0 Å². The number of rotatable bonds is 13. The van der Waals surface area contributed by atoms with E-state index in [4.69, 9.17) is 4.74 Å². The molecule has 2 heteroatoms. The molecule has 35 heavy (non-hydrogen) atoms. The van der Waals surface area contributed by atoms with Gasteiger partial charge in [0.2, 0.25) is 0 Å². The van der Waals surface area contributed by atoms with Crippen LogP contribution in [0.5, 0.6) is 5.75 Å². The summed E-state index contributed by atoms with van der Waals surface area (Å²) in [6, 6.07) is 42.1. The van der Waals surface area contributed by atoms with Crippen molar-refractivity contribution in [2.24, 2.45) is 0 Å². The fraction of sp³-hybridized carbons (Fsp3) is 0.273. The summed E-state index contributed by atoms with van der Waals surface area (Å²) in [6.45, 7) is 3.07. The Labute approximate surface area is 212 Å². The van der Waals surface area contributed by atoms with Crippen LogP contribution in [0, 0.1) is 0 Å². The van der Waals surface area contributed by atoms with Gasteiger partial charge < -0.3 is 4.74 Å². The van der Waals surface area contributed by atoms with Crippen molar-refractivity contribution in [2.45, 2.75) is 51.6 Å². The van der Waals surface area contributed by atoms with Crippen molar-refractivity contribution in [3.05, 3.63) is 121 Å². The first-order valence-electron chi connectivity index (χ1n) is 13.1. The first-order valence-corrected chi connectivity index (χ1v) is 15.1. The summed E-state index contributed by atoms with van der Waals surface area (Å²) in [6.07, 6.45) is 8.70. The van der Waals surface area contributed by atoms with E-state index in [9.17, 15) is 0 Å². The Balaban J connectivity index is 1.57. The molecule has 0 atom stereocenters. The molecular weight excluding hydrogens is 443 g/mol. The third-order valence-corrected chi connectivity index (χ3v) is 11.1. The predicted molar refractivity (Wildman–Crippen MR) is 154 cm³/mol. The summed E-state index contributed by atoms with van der Waals surface area (Å²) in [7, 11) is -1.87. The van der Waals surface area contributed by atoms with E-state index in [0.29, 0.717) is 0 Å². The van der Waals surface area contributed by atoms with Crippen LogP contribution >= 0.6 is 7.26 Å². The molecule has 4 aromatic carbocycles. The highest BCUT2D eigenvalue weighted by Crippen LogP contribution is 2.58. The minimum atomic E-state index is -1.87. The molecule has 0 N–H and O–H groups in total. The largest absolute Gasteiger partial charge is 0.494 e. The second-order valence-electron chi connectivity index (χ2n) is 9.23. The molecule has 0 unspecified atom stereocenters. The van der Waals surface area contributed by atoms with E-state index in [0.717, 1.165) is 24.9 Å². The minimum absolute atomic E-state index is 0.806. The predicted octanol–water partition coefficient (Wildman–Crippen LogP) is 7.92. The molecule has 0 fully saturated rings. The summed E-state index contributed by atoms with van der Waals surface area (Å²) in [5.41, 5.74) is 1.35. The zero-order valence-electron chi connectivity index (χ0n) is 21.0. The molecule has 0 saturated carbocycles. The maximum atomic E-state index is 6.06. The highest BCUT2D eigenvalue weighted by Gasteiger charge is 2.45. The van der Waals surface area contributed by atoms with Crippen molar-refractivity contribution in [3.8, 4) is 5.75 Å². The van der Waals surface area contributed by atoms with Gasteiger partial charge in [0.1, 0.15) is 28.9 Å². The maximum absolute atomic E-state index is 6.06. The van der Waals surface area contributed by atoms with Gasteiger partial charge in [-0.1, -0.05) is 106 Å². The van der Waals surface area contributed by atoms with Gasteiger partial charge in [0.15, 0.2) is 0 Å². The zero-order chi connectivity index (χ0) is 24.2. The van der Waals surface area contributed by atoms with Crippen molar-refractivity contribution in [1.82, 2.24) is 0 Å². The molecular formula is C33H38OP+. The van der Waals surface area contributed by atoms with Crippen LogP contribution in [0.1, 0.15) is 51.0 Å². The van der Waals surface area contributed by atoms with Crippen LogP contribution < -0.4 is 20.7 Å². The third kappa shape index (κ3) is 6.62. The van der Waals surface area contributed by atoms with Crippen molar-refractivity contribution in [2.75, 3.05) is 6.61 Å². The van der Waals surface area contributed by atoms with Crippen molar-refractivity contribution in [1.29, 1.82) is 0 Å². The molecule has 0 aromatic heterocycles. The summed E-state index contributed by atoms with van der Waals surface area (Å²) in [5.74, 6) is 0.977. The van der Waals surface area contributed by atoms with Gasteiger partial charge in [0, 0.05) is 0 Å². The molecule has 0 spiro atoms. The summed E-state index contributed by atoms with van der Waals surface area (Å²) < 4.78 is 6.06. The minimum Gasteiger partial charge on any atom is -0.494 e. The molecule has 180 valence electrons. The Morgan fingerprint density at radius 2 is 0.971 bits per heavy atom. The quantitative estimate of drug-likeness (QED) is 0.139. The summed E-state index contributed by atoms with van der Waals surface area (Å²) in [5, 5.41) is 4.25. The summed E-state index contributed by atoms with van der Waals surface area (Å²) >= 11 is 0. The molecule has 4 aromatic rings. The van der Waals surface area contributed by atoms with Crippen molar-refractivity contribution >= 4 is 23.2 Å². The van der Waals surface area contributed by atoms with Gasteiger partial charge in [-0.3, -0.25) is 0 Å². The molecule has 0 heterocycles. The number of hydrogen-bond acceptors (Lipinski definition) is 1. The Morgan fingerprint density at radius 1 is 0.514 bits per heavy atom. The van der Waals surface area contributed by atoms with E-state index in [-0.39, 0.29) is 0 Å². The summed E-state index contributed by atoms with van der Waals surface area (Å²) in [4.78, 5) is 0. The van der Waals surface area contributed by atoms with E-state index >= 15 is 0 Å². The van der Waals surface area contributed by atoms with Crippen LogP contribution in [-0.2, 0) is 6.16 Å². The first kappa shape index (κ1) is 25.2. The molecule has 1 nitrogen and oxygen atoms in total. The molecule has 0 saturated heterocycles. The van der Waals surface area contributed by atoms with E-state index in [2.05, 4.69) is 122 Å². The van der Waals surface area contributed by atoms with Gasteiger partial charge in [-0.05, 0) is 60.5 Å². The van der Waals surface area contributed by atoms with Gasteiger partial charge in [0.25, 0.3) is 0 Å². The first-order chi connectivity index (χ1) is 17.3. The lowest BCUT2D eigenvalue weighted by Gasteiger charge is -2.28. The molecule has 0 aliphatic rings. The smallest absolute Gasteiger partial charge is 0.119 e. The number of unbranched alkanes of at least 4 members (excludes halogenated alkanes) is 5. The van der Waals surface area contributed by atoms with Crippen LogP contribution in [-0.4, -0.2) is 6.61 Å². The zero-order valence-corrected chi connectivity index (χ0v) is 21.9. The van der Waals surface area contributed by atoms with E-state index in [1.54, 1.807) is 0 Å². The maximum Gasteiger partial charge on any atom is 0.119 e. The molecule has 0 amide bonds.